The van der Waals surface area contributed by atoms with E-state index in [2.05, 4.69) is 23.9 Å². The molecule has 0 bridgehead atoms. The molecule has 3 heterocycles. The van der Waals surface area contributed by atoms with E-state index in [4.69, 9.17) is 9.47 Å². The van der Waals surface area contributed by atoms with Crippen LogP contribution in [0.3, 0.4) is 0 Å². The van der Waals surface area contributed by atoms with Crippen LogP contribution in [-0.2, 0) is 16.5 Å². The van der Waals surface area contributed by atoms with Crippen molar-refractivity contribution in [2.45, 2.75) is 46.3 Å². The topological polar surface area (TPSA) is 66.2 Å². The molecule has 24 heavy (non-hydrogen) atoms. The molecule has 2 aromatic heterocycles. The first-order chi connectivity index (χ1) is 11.3. The average molecular weight is 329 g/mol. The van der Waals surface area contributed by atoms with Crippen LogP contribution >= 0.6 is 0 Å². The molecule has 1 saturated heterocycles. The second-order valence-electron chi connectivity index (χ2n) is 7.61. The summed E-state index contributed by atoms with van der Waals surface area (Å²) in [5, 5.41) is 5.18. The summed E-state index contributed by atoms with van der Waals surface area (Å²) in [5.41, 5.74) is 2.71. The standard InChI is InChI=1S/C18H23N3O3/c1-9-8-12(13-10(2)20-21(5)16(13)19-9)17(22)24-15-11-6-7-23-14(11)18(15,3)4/h8,11,14-15H,6-7H2,1-5H3/t11-,14-,15-/m1/s1. The molecule has 0 N–H and O–H groups in total. The molecule has 6 nitrogen and oxygen atoms in total. The number of carbonyl (C=O) groups excluding carboxylic acids is 1. The van der Waals surface area contributed by atoms with Gasteiger partial charge in [0.05, 0.1) is 22.7 Å². The number of aryl methyl sites for hydroxylation is 3. The fourth-order valence-corrected chi connectivity index (χ4v) is 4.43. The number of hydrogen-bond acceptors (Lipinski definition) is 5. The van der Waals surface area contributed by atoms with Crippen molar-refractivity contribution < 1.29 is 14.3 Å². The van der Waals surface area contributed by atoms with Gasteiger partial charge in [-0.2, -0.15) is 5.10 Å². The Balaban J connectivity index is 1.69. The summed E-state index contributed by atoms with van der Waals surface area (Å²) in [5.74, 6) is 0.0300. The minimum Gasteiger partial charge on any atom is -0.458 e. The smallest absolute Gasteiger partial charge is 0.339 e. The zero-order valence-electron chi connectivity index (χ0n) is 14.8. The van der Waals surface area contributed by atoms with Gasteiger partial charge in [-0.15, -0.1) is 0 Å². The van der Waals surface area contributed by atoms with Crippen LogP contribution < -0.4 is 0 Å². The van der Waals surface area contributed by atoms with E-state index in [1.54, 1.807) is 10.7 Å². The second-order valence-corrected chi connectivity index (χ2v) is 7.61. The Morgan fingerprint density at radius 1 is 1.42 bits per heavy atom. The summed E-state index contributed by atoms with van der Waals surface area (Å²) in [6.07, 6.45) is 1.07. The largest absolute Gasteiger partial charge is 0.458 e. The number of esters is 1. The Kier molecular flexibility index (Phi) is 3.26. The van der Waals surface area contributed by atoms with Crippen LogP contribution in [0.1, 0.15) is 42.0 Å². The first-order valence-corrected chi connectivity index (χ1v) is 8.44. The third-order valence-electron chi connectivity index (χ3n) is 5.54. The van der Waals surface area contributed by atoms with Crippen molar-refractivity contribution in [2.75, 3.05) is 6.61 Å². The van der Waals surface area contributed by atoms with Crippen LogP contribution in [0.2, 0.25) is 0 Å². The molecule has 2 fully saturated rings. The van der Waals surface area contributed by atoms with Crippen molar-refractivity contribution >= 4 is 17.0 Å². The van der Waals surface area contributed by atoms with Gasteiger partial charge >= 0.3 is 5.97 Å². The Bertz CT molecular complexity index is 840. The van der Waals surface area contributed by atoms with Crippen molar-refractivity contribution in [1.82, 2.24) is 14.8 Å². The van der Waals surface area contributed by atoms with Gasteiger partial charge < -0.3 is 9.47 Å². The van der Waals surface area contributed by atoms with E-state index in [1.165, 1.54) is 0 Å². The molecule has 0 unspecified atom stereocenters. The van der Waals surface area contributed by atoms with E-state index in [0.717, 1.165) is 35.4 Å². The first kappa shape index (κ1) is 15.6. The Labute approximate surface area is 141 Å². The molecule has 0 amide bonds. The Morgan fingerprint density at radius 2 is 2.17 bits per heavy atom. The summed E-state index contributed by atoms with van der Waals surface area (Å²) in [4.78, 5) is 17.4. The summed E-state index contributed by atoms with van der Waals surface area (Å²) in [7, 11) is 1.84. The lowest BCUT2D eigenvalue weighted by atomic mass is 9.59. The molecule has 0 spiro atoms. The van der Waals surface area contributed by atoms with Crippen LogP contribution in [0.4, 0.5) is 0 Å². The fraction of sp³-hybridized carbons (Fsp3) is 0.611. The van der Waals surface area contributed by atoms with Crippen molar-refractivity contribution in [1.29, 1.82) is 0 Å². The van der Waals surface area contributed by atoms with Gasteiger partial charge in [0.1, 0.15) is 6.10 Å². The van der Waals surface area contributed by atoms with Gasteiger partial charge in [0.15, 0.2) is 5.65 Å². The molecule has 128 valence electrons. The van der Waals surface area contributed by atoms with Crippen LogP contribution in [-0.4, -0.2) is 39.5 Å². The number of pyridine rings is 1. The monoisotopic (exact) mass is 329 g/mol. The number of aromatic nitrogens is 3. The summed E-state index contributed by atoms with van der Waals surface area (Å²) in [6, 6.07) is 1.80. The lowest BCUT2D eigenvalue weighted by molar-refractivity contribution is -0.183. The van der Waals surface area contributed by atoms with Gasteiger partial charge in [0.25, 0.3) is 0 Å². The SMILES string of the molecule is Cc1cc(C(=O)O[C@@H]2[C@@H]3CCO[C@H]3C2(C)C)c2c(C)nn(C)c2n1. The van der Waals surface area contributed by atoms with Gasteiger partial charge in [0.2, 0.25) is 0 Å². The average Bonchev–Trinajstić information content (AvgIpc) is 3.08. The molecule has 2 aromatic rings. The van der Waals surface area contributed by atoms with E-state index in [0.29, 0.717) is 11.5 Å². The van der Waals surface area contributed by atoms with Crippen molar-refractivity contribution in [3.63, 3.8) is 0 Å². The molecule has 0 aromatic carbocycles. The minimum absolute atomic E-state index is 0.0991. The van der Waals surface area contributed by atoms with Gasteiger partial charge in [-0.25, -0.2) is 9.78 Å². The fourth-order valence-electron chi connectivity index (χ4n) is 4.43. The number of hydrogen-bond donors (Lipinski definition) is 0. The van der Waals surface area contributed by atoms with Crippen molar-refractivity contribution in [2.24, 2.45) is 18.4 Å². The maximum atomic E-state index is 12.9. The lowest BCUT2D eigenvalue weighted by Crippen LogP contribution is -2.61. The maximum Gasteiger partial charge on any atom is 0.339 e. The number of nitrogens with zero attached hydrogens (tertiary/aromatic N) is 3. The summed E-state index contributed by atoms with van der Waals surface area (Å²) < 4.78 is 13.4. The number of fused-ring (bicyclic) bond motifs is 2. The van der Waals surface area contributed by atoms with Gasteiger partial charge in [-0.1, -0.05) is 13.8 Å². The molecule has 3 atom stereocenters. The molecule has 1 aliphatic carbocycles. The third-order valence-corrected chi connectivity index (χ3v) is 5.54. The van der Waals surface area contributed by atoms with Crippen molar-refractivity contribution in [3.05, 3.63) is 23.0 Å². The van der Waals surface area contributed by atoms with Crippen LogP contribution in [0.15, 0.2) is 6.07 Å². The Morgan fingerprint density at radius 3 is 2.92 bits per heavy atom. The van der Waals surface area contributed by atoms with E-state index in [9.17, 15) is 4.79 Å². The molecule has 4 rings (SSSR count). The predicted octanol–water partition coefficient (Wildman–Crippen LogP) is 2.56. The maximum absolute atomic E-state index is 12.9. The van der Waals surface area contributed by atoms with Crippen molar-refractivity contribution in [3.8, 4) is 0 Å². The number of ether oxygens (including phenoxy) is 2. The van der Waals surface area contributed by atoms with Gasteiger partial charge in [0, 0.05) is 30.7 Å². The molecule has 2 aliphatic rings. The van der Waals surface area contributed by atoms with E-state index in [1.807, 2.05) is 20.9 Å². The molecular weight excluding hydrogens is 306 g/mol. The highest BCUT2D eigenvalue weighted by Gasteiger charge is 2.61. The van der Waals surface area contributed by atoms with Crippen LogP contribution in [0, 0.1) is 25.2 Å². The minimum atomic E-state index is -0.287. The zero-order chi connectivity index (χ0) is 17.2. The van der Waals surface area contributed by atoms with Crippen LogP contribution in [0.25, 0.3) is 11.0 Å². The van der Waals surface area contributed by atoms with Gasteiger partial charge in [-0.3, -0.25) is 4.68 Å². The number of carbonyl (C=O) groups is 1. The molecule has 6 heteroatoms. The highest BCUT2D eigenvalue weighted by Crippen LogP contribution is 2.54. The molecular formula is C18H23N3O3. The highest BCUT2D eigenvalue weighted by atomic mass is 16.6. The Hall–Kier alpha value is -1.95. The van der Waals surface area contributed by atoms with E-state index >= 15 is 0 Å². The summed E-state index contributed by atoms with van der Waals surface area (Å²) in [6.45, 7) is 8.75. The number of rotatable bonds is 2. The molecule has 1 saturated carbocycles. The molecule has 0 radical (unpaired) electrons. The normalized spacial score (nSPS) is 27.8. The first-order valence-electron chi connectivity index (χ1n) is 8.44. The highest BCUT2D eigenvalue weighted by molar-refractivity contribution is 6.04. The molecule has 1 aliphatic heterocycles. The quantitative estimate of drug-likeness (QED) is 0.792. The zero-order valence-corrected chi connectivity index (χ0v) is 14.8. The third kappa shape index (κ3) is 2.02. The lowest BCUT2D eigenvalue weighted by Gasteiger charge is -2.53. The van der Waals surface area contributed by atoms with Gasteiger partial charge in [-0.05, 0) is 26.3 Å². The van der Waals surface area contributed by atoms with Crippen LogP contribution in [0.5, 0.6) is 0 Å². The summed E-state index contributed by atoms with van der Waals surface area (Å²) >= 11 is 0. The predicted molar refractivity (Wildman–Crippen MR) is 88.8 cm³/mol. The van der Waals surface area contributed by atoms with E-state index in [-0.39, 0.29) is 23.6 Å². The van der Waals surface area contributed by atoms with E-state index < -0.39 is 0 Å². The second kappa shape index (κ2) is 5.02.